The summed E-state index contributed by atoms with van der Waals surface area (Å²) in [7, 11) is 0. The van der Waals surface area contributed by atoms with Crippen LogP contribution in [0.2, 0.25) is 0 Å². The lowest BCUT2D eigenvalue weighted by Gasteiger charge is -2.29. The van der Waals surface area contributed by atoms with Gasteiger partial charge >= 0.3 is 0 Å². The molecule has 0 aromatic heterocycles. The highest BCUT2D eigenvalue weighted by molar-refractivity contribution is 5.99. The van der Waals surface area contributed by atoms with Crippen LogP contribution in [0, 0.1) is 0 Å². The average molecular weight is 969 g/mol. The van der Waals surface area contributed by atoms with Crippen LogP contribution in [0.25, 0.3) is 88.3 Å². The van der Waals surface area contributed by atoms with Gasteiger partial charge in [-0.25, -0.2) is 0 Å². The Kier molecular flexibility index (Phi) is 12.3. The third kappa shape index (κ3) is 8.99. The molecule has 2 nitrogen and oxygen atoms in total. The molecule has 13 aromatic carbocycles. The smallest absolute Gasteiger partial charge is 0.0540 e. The summed E-state index contributed by atoms with van der Waals surface area (Å²) in [6.07, 6.45) is 0. The first-order chi connectivity index (χ1) is 37.7. The van der Waals surface area contributed by atoms with Crippen LogP contribution >= 0.6 is 0 Å². The molecule has 0 fully saturated rings. The van der Waals surface area contributed by atoms with Gasteiger partial charge in [-0.1, -0.05) is 249 Å². The number of nitrogens with zero attached hydrogens (tertiary/aromatic N) is 2. The SMILES string of the molecule is c1ccc(-c2ccc(N(c3ccc(-c4cccc5ccccc45)cc3)c3ccccc3-c3cccc(-c4ccccc4N(c4ccc(-c5ccccc5)cc4)c4ccc(-c5cccc6ccccc56)cc4)c3)cc2)cc1. The van der Waals surface area contributed by atoms with Crippen molar-refractivity contribution in [2.75, 3.05) is 9.80 Å². The van der Waals surface area contributed by atoms with E-state index < -0.39 is 0 Å². The van der Waals surface area contributed by atoms with Crippen LogP contribution in [0.1, 0.15) is 0 Å². The molecule has 13 aromatic rings. The molecule has 0 aliphatic heterocycles. The second-order valence-electron chi connectivity index (χ2n) is 19.3. The van der Waals surface area contributed by atoms with E-state index in [2.05, 4.69) is 325 Å². The quantitative estimate of drug-likeness (QED) is 0.120. The van der Waals surface area contributed by atoms with Crippen molar-refractivity contribution >= 4 is 55.7 Å². The number of para-hydroxylation sites is 2. The summed E-state index contributed by atoms with van der Waals surface area (Å²) in [5.74, 6) is 0. The fourth-order valence-corrected chi connectivity index (χ4v) is 10.9. The largest absolute Gasteiger partial charge is 0.310 e. The first kappa shape index (κ1) is 45.8. The summed E-state index contributed by atoms with van der Waals surface area (Å²) >= 11 is 0. The van der Waals surface area contributed by atoms with Crippen LogP contribution in [0.4, 0.5) is 34.1 Å². The monoisotopic (exact) mass is 968 g/mol. The highest BCUT2D eigenvalue weighted by Gasteiger charge is 2.21. The van der Waals surface area contributed by atoms with Gasteiger partial charge in [0.25, 0.3) is 0 Å². The molecule has 76 heavy (non-hydrogen) atoms. The first-order valence-corrected chi connectivity index (χ1v) is 26.1. The van der Waals surface area contributed by atoms with Gasteiger partial charge in [0.2, 0.25) is 0 Å². The van der Waals surface area contributed by atoms with Gasteiger partial charge < -0.3 is 9.80 Å². The Bertz CT molecular complexity index is 3850. The van der Waals surface area contributed by atoms with Gasteiger partial charge in [0.05, 0.1) is 11.4 Å². The molecular weight excluding hydrogens is 917 g/mol. The molecule has 0 saturated heterocycles. The van der Waals surface area contributed by atoms with Crippen molar-refractivity contribution in [1.82, 2.24) is 0 Å². The van der Waals surface area contributed by atoms with Crippen molar-refractivity contribution in [3.05, 3.63) is 315 Å². The Hall–Kier alpha value is -10.0. The van der Waals surface area contributed by atoms with E-state index in [0.717, 1.165) is 56.4 Å². The number of fused-ring (bicyclic) bond motifs is 2. The van der Waals surface area contributed by atoms with Crippen molar-refractivity contribution in [1.29, 1.82) is 0 Å². The van der Waals surface area contributed by atoms with Crippen molar-refractivity contribution < 1.29 is 0 Å². The summed E-state index contributed by atoms with van der Waals surface area (Å²) < 4.78 is 0. The Morgan fingerprint density at radius 2 is 0.447 bits per heavy atom. The summed E-state index contributed by atoms with van der Waals surface area (Å²) in [5.41, 5.74) is 20.5. The van der Waals surface area contributed by atoms with Crippen molar-refractivity contribution in [2.24, 2.45) is 0 Å². The predicted molar refractivity (Wildman–Crippen MR) is 323 cm³/mol. The number of anilines is 6. The zero-order valence-electron chi connectivity index (χ0n) is 41.9. The fourth-order valence-electron chi connectivity index (χ4n) is 10.9. The van der Waals surface area contributed by atoms with Crippen LogP contribution in [0.3, 0.4) is 0 Å². The highest BCUT2D eigenvalue weighted by atomic mass is 15.1. The van der Waals surface area contributed by atoms with Gasteiger partial charge in [0.15, 0.2) is 0 Å². The maximum Gasteiger partial charge on any atom is 0.0540 e. The molecule has 2 heteroatoms. The Balaban J connectivity index is 0.911. The van der Waals surface area contributed by atoms with Crippen LogP contribution in [0.15, 0.2) is 315 Å². The molecule has 358 valence electrons. The van der Waals surface area contributed by atoms with E-state index in [1.165, 1.54) is 66.1 Å². The molecule has 13 rings (SSSR count). The molecule has 0 amide bonds. The predicted octanol–water partition coefficient (Wildman–Crippen LogP) is 20.9. The zero-order chi connectivity index (χ0) is 50.6. The molecule has 0 saturated carbocycles. The van der Waals surface area contributed by atoms with E-state index in [1.54, 1.807) is 0 Å². The lowest BCUT2D eigenvalue weighted by atomic mass is 9.95. The van der Waals surface area contributed by atoms with Crippen LogP contribution < -0.4 is 9.80 Å². The second kappa shape index (κ2) is 20.5. The molecule has 0 heterocycles. The van der Waals surface area contributed by atoms with Gasteiger partial charge in [-0.15, -0.1) is 0 Å². The van der Waals surface area contributed by atoms with E-state index in [4.69, 9.17) is 0 Å². The maximum atomic E-state index is 2.40. The third-order valence-corrected chi connectivity index (χ3v) is 14.7. The van der Waals surface area contributed by atoms with E-state index >= 15 is 0 Å². The molecule has 0 atom stereocenters. The van der Waals surface area contributed by atoms with Gasteiger partial charge in [-0.3, -0.25) is 0 Å². The molecule has 0 unspecified atom stereocenters. The molecule has 0 radical (unpaired) electrons. The Labute approximate surface area is 445 Å². The van der Waals surface area contributed by atoms with Crippen molar-refractivity contribution in [3.8, 4) is 66.8 Å². The van der Waals surface area contributed by atoms with Crippen molar-refractivity contribution in [2.45, 2.75) is 0 Å². The van der Waals surface area contributed by atoms with Crippen molar-refractivity contribution in [3.63, 3.8) is 0 Å². The third-order valence-electron chi connectivity index (χ3n) is 14.7. The minimum atomic E-state index is 1.07. The normalized spacial score (nSPS) is 11.2. The fraction of sp³-hybridized carbons (Fsp3) is 0. The molecule has 0 N–H and O–H groups in total. The van der Waals surface area contributed by atoms with E-state index in [9.17, 15) is 0 Å². The molecular formula is C74H52N2. The average Bonchev–Trinajstić information content (AvgIpc) is 3.53. The van der Waals surface area contributed by atoms with Crippen LogP contribution in [-0.4, -0.2) is 0 Å². The van der Waals surface area contributed by atoms with Gasteiger partial charge in [-0.05, 0) is 144 Å². The minimum absolute atomic E-state index is 1.07. The van der Waals surface area contributed by atoms with Gasteiger partial charge in [0, 0.05) is 33.9 Å². The number of hydrogen-bond donors (Lipinski definition) is 0. The van der Waals surface area contributed by atoms with E-state index in [-0.39, 0.29) is 0 Å². The zero-order valence-corrected chi connectivity index (χ0v) is 41.9. The maximum absolute atomic E-state index is 2.40. The topological polar surface area (TPSA) is 6.48 Å². The Morgan fingerprint density at radius 3 is 0.855 bits per heavy atom. The Morgan fingerprint density at radius 1 is 0.171 bits per heavy atom. The minimum Gasteiger partial charge on any atom is -0.310 e. The first-order valence-electron chi connectivity index (χ1n) is 26.1. The lowest BCUT2D eigenvalue weighted by Crippen LogP contribution is -2.11. The van der Waals surface area contributed by atoms with Crippen LogP contribution in [-0.2, 0) is 0 Å². The summed E-state index contributed by atoms with van der Waals surface area (Å²) in [4.78, 5) is 4.81. The van der Waals surface area contributed by atoms with E-state index in [0.29, 0.717) is 0 Å². The molecule has 0 aliphatic rings. The highest BCUT2D eigenvalue weighted by Crippen LogP contribution is 2.46. The van der Waals surface area contributed by atoms with Gasteiger partial charge in [0.1, 0.15) is 0 Å². The molecule has 0 aliphatic carbocycles. The summed E-state index contributed by atoms with van der Waals surface area (Å²) in [6.45, 7) is 0. The number of rotatable bonds is 12. The second-order valence-corrected chi connectivity index (χ2v) is 19.3. The molecule has 0 spiro atoms. The number of hydrogen-bond acceptors (Lipinski definition) is 2. The summed E-state index contributed by atoms with van der Waals surface area (Å²) in [5, 5.41) is 4.97. The lowest BCUT2D eigenvalue weighted by molar-refractivity contribution is 1.28. The van der Waals surface area contributed by atoms with Gasteiger partial charge in [-0.2, -0.15) is 0 Å². The molecule has 0 bridgehead atoms. The van der Waals surface area contributed by atoms with E-state index in [1.807, 2.05) is 0 Å². The summed E-state index contributed by atoms with van der Waals surface area (Å²) in [6, 6.07) is 114. The standard InChI is InChI=1S/C74H52N2/c1-3-18-53(19-4-1)55-36-44-63(45-37-55)75(65-48-40-59(41-49-65)69-32-16-24-57-22-7-9-28-67(57)69)73-34-13-11-30-71(73)61-26-15-27-62(52-61)72-31-12-14-35-74(72)76(64-46-38-56(39-47-64)54-20-5-2-6-21-54)66-50-42-60(43-51-66)70-33-17-25-58-23-8-10-29-68(58)70/h1-52H. The number of benzene rings is 13. The van der Waals surface area contributed by atoms with Crippen LogP contribution in [0.5, 0.6) is 0 Å².